The second-order valence-corrected chi connectivity index (χ2v) is 6.83. The molecule has 0 saturated carbocycles. The molecule has 1 amide bonds. The molecule has 1 heterocycles. The minimum atomic E-state index is -0.397. The number of hydrogen-bond acceptors (Lipinski definition) is 3. The van der Waals surface area contributed by atoms with E-state index in [4.69, 9.17) is 9.47 Å². The highest BCUT2D eigenvalue weighted by Crippen LogP contribution is 2.20. The predicted molar refractivity (Wildman–Crippen MR) is 80.8 cm³/mol. The van der Waals surface area contributed by atoms with Crippen molar-refractivity contribution in [3.63, 3.8) is 0 Å². The van der Waals surface area contributed by atoms with E-state index in [9.17, 15) is 9.18 Å². The number of hydrogen-bond donors (Lipinski definition) is 0. The summed E-state index contributed by atoms with van der Waals surface area (Å²) in [6, 6.07) is 0. The lowest BCUT2D eigenvalue weighted by molar-refractivity contribution is -0.166. The summed E-state index contributed by atoms with van der Waals surface area (Å²) in [6.07, 6.45) is 3.85. The van der Waals surface area contributed by atoms with Crippen LogP contribution >= 0.6 is 0 Å². The van der Waals surface area contributed by atoms with E-state index in [1.165, 1.54) is 0 Å². The Hall–Kier alpha value is -0.680. The molecule has 0 radical (unpaired) electrons. The van der Waals surface area contributed by atoms with Crippen molar-refractivity contribution in [1.82, 2.24) is 4.90 Å². The molecule has 1 unspecified atom stereocenters. The van der Waals surface area contributed by atoms with Crippen LogP contribution in [0, 0.1) is 5.41 Å². The van der Waals surface area contributed by atoms with Crippen molar-refractivity contribution in [2.45, 2.75) is 59.2 Å². The Balaban J connectivity index is 2.35. The van der Waals surface area contributed by atoms with E-state index in [1.807, 2.05) is 20.8 Å². The number of carbonyl (C=O) groups excluding carboxylic acids is 1. The lowest BCUT2D eigenvalue weighted by Crippen LogP contribution is -2.38. The third-order valence-electron chi connectivity index (χ3n) is 3.40. The molecule has 124 valence electrons. The second-order valence-electron chi connectivity index (χ2n) is 6.83. The lowest BCUT2D eigenvalue weighted by Gasteiger charge is -2.28. The van der Waals surface area contributed by atoms with Crippen molar-refractivity contribution < 1.29 is 18.7 Å². The molecule has 1 fully saturated rings. The Bertz CT molecular complexity index is 298. The van der Waals surface area contributed by atoms with Crippen LogP contribution in [-0.2, 0) is 14.3 Å². The van der Waals surface area contributed by atoms with Crippen LogP contribution in [0.25, 0.3) is 0 Å². The molecular weight excluding hydrogens is 273 g/mol. The molecule has 1 atom stereocenters. The fourth-order valence-corrected chi connectivity index (χ4v) is 2.31. The molecule has 4 nitrogen and oxygen atoms in total. The first kappa shape index (κ1) is 18.4. The number of halogens is 1. The molecule has 0 aromatic rings. The zero-order valence-corrected chi connectivity index (χ0v) is 13.7. The van der Waals surface area contributed by atoms with Crippen LogP contribution in [0.2, 0.25) is 0 Å². The van der Waals surface area contributed by atoms with Crippen molar-refractivity contribution >= 4 is 5.91 Å². The topological polar surface area (TPSA) is 38.8 Å². The number of carbonyl (C=O) groups is 1. The summed E-state index contributed by atoms with van der Waals surface area (Å²) >= 11 is 0. The third-order valence-corrected chi connectivity index (χ3v) is 3.40. The molecule has 5 heteroatoms. The molecule has 0 aromatic carbocycles. The summed E-state index contributed by atoms with van der Waals surface area (Å²) in [4.78, 5) is 14.0. The van der Waals surface area contributed by atoms with E-state index in [2.05, 4.69) is 0 Å². The molecule has 0 N–H and O–H groups in total. The van der Waals surface area contributed by atoms with Crippen LogP contribution in [0.5, 0.6) is 0 Å². The van der Waals surface area contributed by atoms with Gasteiger partial charge in [-0.3, -0.25) is 9.18 Å². The molecule has 21 heavy (non-hydrogen) atoms. The van der Waals surface area contributed by atoms with Gasteiger partial charge in [-0.1, -0.05) is 20.8 Å². The van der Waals surface area contributed by atoms with E-state index in [-0.39, 0.29) is 17.6 Å². The number of ether oxygens (including phenoxy) is 2. The quantitative estimate of drug-likeness (QED) is 0.691. The number of amides is 1. The van der Waals surface area contributed by atoms with Crippen molar-refractivity contribution in [1.29, 1.82) is 0 Å². The van der Waals surface area contributed by atoms with Gasteiger partial charge in [0.2, 0.25) is 5.91 Å². The summed E-state index contributed by atoms with van der Waals surface area (Å²) in [6.45, 7) is 7.87. The highest BCUT2D eigenvalue weighted by atomic mass is 19.1. The van der Waals surface area contributed by atoms with Crippen LogP contribution in [0.3, 0.4) is 0 Å². The standard InChI is InChI=1S/C16H30FNO3/c1-16(2,3)13-14(19)18(9-6-8-17)10-12-21-15-7-4-5-11-20-15/h15H,4-13H2,1-3H3. The van der Waals surface area contributed by atoms with Gasteiger partial charge in [0, 0.05) is 26.1 Å². The van der Waals surface area contributed by atoms with E-state index >= 15 is 0 Å². The summed E-state index contributed by atoms with van der Waals surface area (Å²) in [5.41, 5.74) is -0.0572. The van der Waals surface area contributed by atoms with Gasteiger partial charge in [0.1, 0.15) is 0 Å². The highest BCUT2D eigenvalue weighted by Gasteiger charge is 2.21. The SMILES string of the molecule is CC(C)(C)CC(=O)N(CCCF)CCOC1CCCCO1. The molecule has 0 bridgehead atoms. The fourth-order valence-electron chi connectivity index (χ4n) is 2.31. The zero-order chi connectivity index (χ0) is 15.7. The van der Waals surface area contributed by atoms with Gasteiger partial charge < -0.3 is 14.4 Å². The van der Waals surface area contributed by atoms with E-state index < -0.39 is 6.67 Å². The van der Waals surface area contributed by atoms with Crippen molar-refractivity contribution in [2.75, 3.05) is 33.0 Å². The number of alkyl halides is 1. The van der Waals surface area contributed by atoms with E-state index in [1.54, 1.807) is 4.90 Å². The van der Waals surface area contributed by atoms with Crippen molar-refractivity contribution in [2.24, 2.45) is 5.41 Å². The Morgan fingerprint density at radius 2 is 2.10 bits per heavy atom. The molecule has 1 rings (SSSR count). The summed E-state index contributed by atoms with van der Waals surface area (Å²) in [5.74, 6) is 0.0733. The maximum absolute atomic E-state index is 12.4. The van der Waals surface area contributed by atoms with E-state index in [0.717, 1.165) is 25.9 Å². The van der Waals surface area contributed by atoms with Gasteiger partial charge in [-0.2, -0.15) is 0 Å². The lowest BCUT2D eigenvalue weighted by atomic mass is 9.91. The highest BCUT2D eigenvalue weighted by molar-refractivity contribution is 5.76. The van der Waals surface area contributed by atoms with Gasteiger partial charge in [-0.15, -0.1) is 0 Å². The third kappa shape index (κ3) is 8.37. The smallest absolute Gasteiger partial charge is 0.223 e. The fraction of sp³-hybridized carbons (Fsp3) is 0.938. The number of nitrogens with zero attached hydrogens (tertiary/aromatic N) is 1. The van der Waals surface area contributed by atoms with Crippen LogP contribution in [0.4, 0.5) is 4.39 Å². The average Bonchev–Trinajstić information content (AvgIpc) is 2.41. The number of rotatable bonds is 8. The van der Waals surface area contributed by atoms with Gasteiger partial charge in [-0.05, 0) is 31.1 Å². The molecule has 0 aromatic heterocycles. The molecule has 1 saturated heterocycles. The first-order chi connectivity index (χ1) is 9.92. The maximum Gasteiger partial charge on any atom is 0.223 e. The Morgan fingerprint density at radius 3 is 2.67 bits per heavy atom. The predicted octanol–water partition coefficient (Wildman–Crippen LogP) is 3.15. The average molecular weight is 303 g/mol. The van der Waals surface area contributed by atoms with Crippen molar-refractivity contribution in [3.8, 4) is 0 Å². The summed E-state index contributed by atoms with van der Waals surface area (Å²) < 4.78 is 23.5. The molecule has 0 aliphatic carbocycles. The zero-order valence-electron chi connectivity index (χ0n) is 13.7. The molecule has 1 aliphatic rings. The molecule has 1 aliphatic heterocycles. The van der Waals surface area contributed by atoms with Gasteiger partial charge in [0.15, 0.2) is 6.29 Å². The normalized spacial score (nSPS) is 19.5. The van der Waals surface area contributed by atoms with Gasteiger partial charge >= 0.3 is 0 Å². The first-order valence-corrected chi connectivity index (χ1v) is 7.99. The second kappa shape index (κ2) is 9.36. The Kier molecular flexibility index (Phi) is 8.19. The van der Waals surface area contributed by atoms with Crippen LogP contribution in [0.1, 0.15) is 52.9 Å². The van der Waals surface area contributed by atoms with Crippen LogP contribution < -0.4 is 0 Å². The van der Waals surface area contributed by atoms with Crippen LogP contribution in [0.15, 0.2) is 0 Å². The monoisotopic (exact) mass is 303 g/mol. The van der Waals surface area contributed by atoms with Gasteiger partial charge in [0.25, 0.3) is 0 Å². The van der Waals surface area contributed by atoms with Gasteiger partial charge in [-0.25, -0.2) is 0 Å². The van der Waals surface area contributed by atoms with Gasteiger partial charge in [0.05, 0.1) is 13.3 Å². The Morgan fingerprint density at radius 1 is 1.33 bits per heavy atom. The Labute approximate surface area is 128 Å². The minimum absolute atomic E-state index is 0.0572. The van der Waals surface area contributed by atoms with E-state index in [0.29, 0.717) is 32.5 Å². The van der Waals surface area contributed by atoms with Crippen molar-refractivity contribution in [3.05, 3.63) is 0 Å². The first-order valence-electron chi connectivity index (χ1n) is 7.99. The largest absolute Gasteiger partial charge is 0.353 e. The summed E-state index contributed by atoms with van der Waals surface area (Å²) in [7, 11) is 0. The maximum atomic E-state index is 12.4. The summed E-state index contributed by atoms with van der Waals surface area (Å²) in [5, 5.41) is 0. The molecular formula is C16H30FNO3. The minimum Gasteiger partial charge on any atom is -0.353 e. The molecule has 0 spiro atoms. The van der Waals surface area contributed by atoms with Crippen LogP contribution in [-0.4, -0.2) is 50.1 Å².